The lowest BCUT2D eigenvalue weighted by atomic mass is 9.98. The van der Waals surface area contributed by atoms with Crippen molar-refractivity contribution in [2.24, 2.45) is 0 Å². The Morgan fingerprint density at radius 2 is 2.00 bits per heavy atom. The Balaban J connectivity index is 1.82. The van der Waals surface area contributed by atoms with E-state index in [9.17, 15) is 4.79 Å². The third-order valence-electron chi connectivity index (χ3n) is 4.79. The second-order valence-electron chi connectivity index (χ2n) is 5.73. The highest BCUT2D eigenvalue weighted by atomic mass is 16.2. The van der Waals surface area contributed by atoms with Crippen molar-refractivity contribution in [3.8, 4) is 0 Å². The summed E-state index contributed by atoms with van der Waals surface area (Å²) in [6, 6.07) is 6.58. The minimum atomic E-state index is 0.315. The number of benzene rings is 1. The van der Waals surface area contributed by atoms with Crippen molar-refractivity contribution in [1.82, 2.24) is 0 Å². The summed E-state index contributed by atoms with van der Waals surface area (Å²) in [6.07, 6.45) is 6.95. The van der Waals surface area contributed by atoms with Gasteiger partial charge in [0, 0.05) is 18.7 Å². The van der Waals surface area contributed by atoms with Crippen LogP contribution in [0.5, 0.6) is 0 Å². The van der Waals surface area contributed by atoms with E-state index in [-0.39, 0.29) is 0 Å². The first-order valence-electron chi connectivity index (χ1n) is 6.73. The molecule has 1 amide bonds. The molecule has 1 aromatic rings. The summed E-state index contributed by atoms with van der Waals surface area (Å²) in [7, 11) is 0. The quantitative estimate of drug-likeness (QED) is 0.722. The number of anilines is 1. The van der Waals surface area contributed by atoms with Crippen molar-refractivity contribution in [2.45, 2.75) is 43.9 Å². The lowest BCUT2D eigenvalue weighted by molar-refractivity contribution is -0.117. The summed E-state index contributed by atoms with van der Waals surface area (Å²) in [5.41, 5.74) is 4.76. The van der Waals surface area contributed by atoms with Crippen LogP contribution in [0.25, 0.3) is 0 Å². The van der Waals surface area contributed by atoms with Crippen LogP contribution in [-0.2, 0) is 16.6 Å². The largest absolute Gasteiger partial charge is 0.312 e. The SMILES string of the molecule is O=C1CCCN1c1cccc2c1CCC21CC1. The van der Waals surface area contributed by atoms with Gasteiger partial charge >= 0.3 is 0 Å². The summed E-state index contributed by atoms with van der Waals surface area (Å²) in [5, 5.41) is 0. The van der Waals surface area contributed by atoms with Gasteiger partial charge in [0.15, 0.2) is 0 Å². The molecule has 2 aliphatic carbocycles. The van der Waals surface area contributed by atoms with Crippen molar-refractivity contribution < 1.29 is 4.79 Å². The third-order valence-corrected chi connectivity index (χ3v) is 4.79. The zero-order valence-electron chi connectivity index (χ0n) is 10.0. The highest BCUT2D eigenvalue weighted by Gasteiger charge is 2.49. The lowest BCUT2D eigenvalue weighted by Gasteiger charge is -2.20. The van der Waals surface area contributed by atoms with E-state index in [2.05, 4.69) is 18.2 Å². The first-order valence-corrected chi connectivity index (χ1v) is 6.73. The standard InChI is InChI=1S/C15H17NO/c17-14-5-2-10-16(14)13-4-1-3-12-11(13)6-7-15(12)8-9-15/h1,3-4H,2,5-10H2. The van der Waals surface area contributed by atoms with E-state index >= 15 is 0 Å². The molecule has 0 atom stereocenters. The maximum atomic E-state index is 11.9. The fraction of sp³-hybridized carbons (Fsp3) is 0.533. The fourth-order valence-electron chi connectivity index (χ4n) is 3.66. The summed E-state index contributed by atoms with van der Waals surface area (Å²) in [6.45, 7) is 0.919. The van der Waals surface area contributed by atoms with E-state index in [0.29, 0.717) is 11.3 Å². The Morgan fingerprint density at radius 1 is 1.12 bits per heavy atom. The number of amides is 1. The van der Waals surface area contributed by atoms with Crippen LogP contribution in [0.15, 0.2) is 18.2 Å². The van der Waals surface area contributed by atoms with Crippen LogP contribution >= 0.6 is 0 Å². The molecule has 17 heavy (non-hydrogen) atoms. The van der Waals surface area contributed by atoms with E-state index in [4.69, 9.17) is 0 Å². The number of rotatable bonds is 1. The van der Waals surface area contributed by atoms with E-state index in [0.717, 1.165) is 19.4 Å². The molecule has 4 rings (SSSR count). The summed E-state index contributed by atoms with van der Waals surface area (Å²) >= 11 is 0. The van der Waals surface area contributed by atoms with Gasteiger partial charge in [-0.25, -0.2) is 0 Å². The molecule has 2 nitrogen and oxygen atoms in total. The van der Waals surface area contributed by atoms with E-state index < -0.39 is 0 Å². The number of carbonyl (C=O) groups is 1. The predicted octanol–water partition coefficient (Wildman–Crippen LogP) is 2.79. The molecule has 1 aliphatic heterocycles. The van der Waals surface area contributed by atoms with Crippen molar-refractivity contribution in [1.29, 1.82) is 0 Å². The topological polar surface area (TPSA) is 20.3 Å². The minimum absolute atomic E-state index is 0.315. The molecule has 0 unspecified atom stereocenters. The molecular weight excluding hydrogens is 210 g/mol. The van der Waals surface area contributed by atoms with Crippen LogP contribution < -0.4 is 4.90 Å². The maximum Gasteiger partial charge on any atom is 0.227 e. The van der Waals surface area contributed by atoms with Crippen molar-refractivity contribution in [3.05, 3.63) is 29.3 Å². The van der Waals surface area contributed by atoms with Crippen LogP contribution in [0, 0.1) is 0 Å². The number of hydrogen-bond acceptors (Lipinski definition) is 1. The molecule has 0 bridgehead atoms. The molecule has 1 aromatic carbocycles. The van der Waals surface area contributed by atoms with Gasteiger partial charge in [-0.1, -0.05) is 12.1 Å². The molecule has 1 saturated heterocycles. The Morgan fingerprint density at radius 3 is 2.71 bits per heavy atom. The summed E-state index contributed by atoms with van der Waals surface area (Å²) in [5.74, 6) is 0.315. The molecule has 2 fully saturated rings. The van der Waals surface area contributed by atoms with Gasteiger partial charge in [0.05, 0.1) is 0 Å². The van der Waals surface area contributed by atoms with Crippen molar-refractivity contribution in [2.75, 3.05) is 11.4 Å². The van der Waals surface area contributed by atoms with Gasteiger partial charge < -0.3 is 4.90 Å². The maximum absolute atomic E-state index is 11.9. The zero-order chi connectivity index (χ0) is 11.5. The lowest BCUT2D eigenvalue weighted by Crippen LogP contribution is -2.24. The van der Waals surface area contributed by atoms with Gasteiger partial charge in [-0.2, -0.15) is 0 Å². The first-order chi connectivity index (χ1) is 8.30. The van der Waals surface area contributed by atoms with Crippen molar-refractivity contribution >= 4 is 11.6 Å². The highest BCUT2D eigenvalue weighted by Crippen LogP contribution is 2.58. The third kappa shape index (κ3) is 1.24. The van der Waals surface area contributed by atoms with Gasteiger partial charge in [-0.05, 0) is 54.7 Å². The molecule has 2 heteroatoms. The Hall–Kier alpha value is -1.31. The molecule has 1 spiro atoms. The average Bonchev–Trinajstić information content (AvgIpc) is 2.85. The van der Waals surface area contributed by atoms with Gasteiger partial charge in [0.1, 0.15) is 0 Å². The zero-order valence-corrected chi connectivity index (χ0v) is 10.0. The minimum Gasteiger partial charge on any atom is -0.312 e. The van der Waals surface area contributed by atoms with Crippen LogP contribution in [0.4, 0.5) is 5.69 Å². The van der Waals surface area contributed by atoms with Gasteiger partial charge in [-0.3, -0.25) is 4.79 Å². The molecule has 3 aliphatic rings. The summed E-state index contributed by atoms with van der Waals surface area (Å²) in [4.78, 5) is 13.9. The number of hydrogen-bond donors (Lipinski definition) is 0. The number of nitrogens with zero attached hydrogens (tertiary/aromatic N) is 1. The average molecular weight is 227 g/mol. The van der Waals surface area contributed by atoms with Crippen molar-refractivity contribution in [3.63, 3.8) is 0 Å². The smallest absolute Gasteiger partial charge is 0.227 e. The normalized spacial score (nSPS) is 24.5. The van der Waals surface area contributed by atoms with E-state index in [1.807, 2.05) is 4.90 Å². The van der Waals surface area contributed by atoms with E-state index in [1.54, 1.807) is 5.56 Å². The van der Waals surface area contributed by atoms with Gasteiger partial charge in [0.2, 0.25) is 5.91 Å². The molecular formula is C15H17NO. The molecule has 1 heterocycles. The first kappa shape index (κ1) is 9.69. The van der Waals surface area contributed by atoms with Crippen LogP contribution in [0.1, 0.15) is 43.2 Å². The number of fused-ring (bicyclic) bond motifs is 2. The molecule has 0 aromatic heterocycles. The predicted molar refractivity (Wildman–Crippen MR) is 67.3 cm³/mol. The Labute approximate surface area is 102 Å². The molecule has 1 saturated carbocycles. The van der Waals surface area contributed by atoms with Crippen LogP contribution in [0.2, 0.25) is 0 Å². The Bertz CT molecular complexity index is 502. The Kier molecular flexibility index (Phi) is 1.78. The van der Waals surface area contributed by atoms with Crippen LogP contribution in [0.3, 0.4) is 0 Å². The number of carbonyl (C=O) groups excluding carboxylic acids is 1. The fourth-order valence-corrected chi connectivity index (χ4v) is 3.66. The van der Waals surface area contributed by atoms with Gasteiger partial charge in [-0.15, -0.1) is 0 Å². The molecule has 0 radical (unpaired) electrons. The van der Waals surface area contributed by atoms with E-state index in [1.165, 1.54) is 36.9 Å². The second-order valence-corrected chi connectivity index (χ2v) is 5.73. The summed E-state index contributed by atoms with van der Waals surface area (Å²) < 4.78 is 0. The molecule has 88 valence electrons. The molecule has 0 N–H and O–H groups in total. The van der Waals surface area contributed by atoms with Crippen LogP contribution in [-0.4, -0.2) is 12.5 Å². The highest BCUT2D eigenvalue weighted by molar-refractivity contribution is 5.96. The van der Waals surface area contributed by atoms with Gasteiger partial charge in [0.25, 0.3) is 0 Å². The monoisotopic (exact) mass is 227 g/mol. The second kappa shape index (κ2) is 3.12.